The van der Waals surface area contributed by atoms with Crippen molar-refractivity contribution in [3.8, 4) is 0 Å². The molecule has 0 radical (unpaired) electrons. The van der Waals surface area contributed by atoms with Gasteiger partial charge in [-0.3, -0.25) is 0 Å². The first kappa shape index (κ1) is 13.3. The molecule has 2 atom stereocenters. The van der Waals surface area contributed by atoms with Crippen molar-refractivity contribution in [2.24, 2.45) is 10.8 Å². The van der Waals surface area contributed by atoms with Gasteiger partial charge in [-0.2, -0.15) is 0 Å². The molecule has 0 bridgehead atoms. The molecule has 0 aromatic carbocycles. The Balaban J connectivity index is 1.76. The summed E-state index contributed by atoms with van der Waals surface area (Å²) in [6.45, 7) is 14.5. The zero-order valence-corrected chi connectivity index (χ0v) is 12.0. The Morgan fingerprint density at radius 2 is 1.94 bits per heavy atom. The zero-order chi connectivity index (χ0) is 12.7. The molecule has 0 amide bonds. The van der Waals surface area contributed by atoms with Crippen LogP contribution in [0.2, 0.25) is 0 Å². The van der Waals surface area contributed by atoms with E-state index in [1.807, 2.05) is 0 Å². The average Bonchev–Trinajstić information content (AvgIpc) is 2.62. The molecule has 17 heavy (non-hydrogen) atoms. The maximum Gasteiger partial charge on any atom is 0.0620 e. The first-order chi connectivity index (χ1) is 7.85. The standard InChI is InChI=1S/C14H28N2O/c1-10(8-11-9-17-7-6-15-11)16-12-13(2,3)14(12,4)5/h10-12,15-16H,6-9H2,1-5H3. The Hall–Kier alpha value is -0.120. The second-order valence-corrected chi connectivity index (χ2v) is 6.91. The van der Waals surface area contributed by atoms with Crippen LogP contribution in [0.15, 0.2) is 0 Å². The van der Waals surface area contributed by atoms with E-state index in [1.54, 1.807) is 0 Å². The number of hydrogen-bond donors (Lipinski definition) is 2. The van der Waals surface area contributed by atoms with E-state index >= 15 is 0 Å². The summed E-state index contributed by atoms with van der Waals surface area (Å²) in [6.07, 6.45) is 1.16. The first-order valence-electron chi connectivity index (χ1n) is 6.93. The van der Waals surface area contributed by atoms with Gasteiger partial charge in [0, 0.05) is 24.7 Å². The van der Waals surface area contributed by atoms with Gasteiger partial charge >= 0.3 is 0 Å². The van der Waals surface area contributed by atoms with Gasteiger partial charge < -0.3 is 15.4 Å². The van der Waals surface area contributed by atoms with Gasteiger partial charge in [-0.1, -0.05) is 27.7 Å². The predicted octanol–water partition coefficient (Wildman–Crippen LogP) is 1.78. The topological polar surface area (TPSA) is 33.3 Å². The maximum atomic E-state index is 5.50. The molecule has 2 unspecified atom stereocenters. The number of morpholine rings is 1. The van der Waals surface area contributed by atoms with Crippen LogP contribution < -0.4 is 10.6 Å². The zero-order valence-electron chi connectivity index (χ0n) is 12.0. The van der Waals surface area contributed by atoms with Crippen LogP contribution in [0.5, 0.6) is 0 Å². The number of ether oxygens (including phenoxy) is 1. The quantitative estimate of drug-likeness (QED) is 0.786. The van der Waals surface area contributed by atoms with Crippen LogP contribution in [0.25, 0.3) is 0 Å². The molecule has 2 aliphatic rings. The minimum atomic E-state index is 0.428. The molecular weight excluding hydrogens is 212 g/mol. The van der Waals surface area contributed by atoms with Crippen LogP contribution in [0.3, 0.4) is 0 Å². The minimum absolute atomic E-state index is 0.428. The van der Waals surface area contributed by atoms with Crippen molar-refractivity contribution in [2.45, 2.75) is 59.2 Å². The fraction of sp³-hybridized carbons (Fsp3) is 1.00. The molecule has 2 N–H and O–H groups in total. The molecule has 3 heteroatoms. The van der Waals surface area contributed by atoms with Crippen molar-refractivity contribution in [1.29, 1.82) is 0 Å². The molecule has 1 aliphatic carbocycles. The molecule has 0 spiro atoms. The molecule has 0 aromatic heterocycles. The molecule has 1 aliphatic heterocycles. The first-order valence-corrected chi connectivity index (χ1v) is 6.93. The van der Waals surface area contributed by atoms with Gasteiger partial charge in [-0.15, -0.1) is 0 Å². The largest absolute Gasteiger partial charge is 0.379 e. The fourth-order valence-corrected chi connectivity index (χ4v) is 3.16. The Bertz CT molecular complexity index is 255. The molecule has 1 heterocycles. The van der Waals surface area contributed by atoms with Crippen molar-refractivity contribution in [3.05, 3.63) is 0 Å². The molecule has 3 nitrogen and oxygen atoms in total. The summed E-state index contributed by atoms with van der Waals surface area (Å²) in [4.78, 5) is 0. The summed E-state index contributed by atoms with van der Waals surface area (Å²) in [5, 5.41) is 7.31. The van der Waals surface area contributed by atoms with Crippen molar-refractivity contribution in [1.82, 2.24) is 10.6 Å². The summed E-state index contributed by atoms with van der Waals surface area (Å²) < 4.78 is 5.50. The van der Waals surface area contributed by atoms with Gasteiger partial charge in [0.25, 0.3) is 0 Å². The van der Waals surface area contributed by atoms with E-state index in [2.05, 4.69) is 45.3 Å². The average molecular weight is 240 g/mol. The summed E-state index contributed by atoms with van der Waals surface area (Å²) in [5.41, 5.74) is 0.857. The van der Waals surface area contributed by atoms with E-state index in [0.29, 0.717) is 29.0 Å². The minimum Gasteiger partial charge on any atom is -0.379 e. The highest BCUT2D eigenvalue weighted by Gasteiger charge is 2.64. The summed E-state index contributed by atoms with van der Waals surface area (Å²) in [6, 6.07) is 1.73. The van der Waals surface area contributed by atoms with Crippen molar-refractivity contribution >= 4 is 0 Å². The second kappa shape index (κ2) is 4.52. The van der Waals surface area contributed by atoms with Crippen LogP contribution in [0.4, 0.5) is 0 Å². The molecule has 0 aromatic rings. The van der Waals surface area contributed by atoms with E-state index in [9.17, 15) is 0 Å². The fourth-order valence-electron chi connectivity index (χ4n) is 3.16. The third-order valence-corrected chi connectivity index (χ3v) is 5.11. The van der Waals surface area contributed by atoms with Gasteiger partial charge in [0.1, 0.15) is 0 Å². The van der Waals surface area contributed by atoms with E-state index in [4.69, 9.17) is 4.74 Å². The maximum absolute atomic E-state index is 5.50. The smallest absolute Gasteiger partial charge is 0.0620 e. The highest BCUT2D eigenvalue weighted by atomic mass is 16.5. The van der Waals surface area contributed by atoms with E-state index < -0.39 is 0 Å². The normalized spacial score (nSPS) is 33.4. The lowest BCUT2D eigenvalue weighted by Crippen LogP contribution is -2.45. The lowest BCUT2D eigenvalue weighted by atomic mass is 10.0. The van der Waals surface area contributed by atoms with Crippen LogP contribution in [0, 0.1) is 10.8 Å². The van der Waals surface area contributed by atoms with Crippen molar-refractivity contribution < 1.29 is 4.74 Å². The summed E-state index contributed by atoms with van der Waals surface area (Å²) in [7, 11) is 0. The van der Waals surface area contributed by atoms with Crippen molar-refractivity contribution in [3.63, 3.8) is 0 Å². The number of nitrogens with one attached hydrogen (secondary N) is 2. The van der Waals surface area contributed by atoms with Crippen LogP contribution in [0.1, 0.15) is 41.0 Å². The monoisotopic (exact) mass is 240 g/mol. The summed E-state index contributed by atoms with van der Waals surface area (Å²) >= 11 is 0. The molecule has 2 fully saturated rings. The van der Waals surface area contributed by atoms with Gasteiger partial charge in [-0.05, 0) is 24.2 Å². The second-order valence-electron chi connectivity index (χ2n) is 6.91. The van der Waals surface area contributed by atoms with Crippen LogP contribution >= 0.6 is 0 Å². The Morgan fingerprint density at radius 1 is 1.29 bits per heavy atom. The Kier molecular flexibility index (Phi) is 3.54. The predicted molar refractivity (Wildman–Crippen MR) is 71.2 cm³/mol. The van der Waals surface area contributed by atoms with Crippen LogP contribution in [-0.2, 0) is 4.74 Å². The van der Waals surface area contributed by atoms with Gasteiger partial charge in [0.2, 0.25) is 0 Å². The van der Waals surface area contributed by atoms with Gasteiger partial charge in [0.15, 0.2) is 0 Å². The molecular formula is C14H28N2O. The lowest BCUT2D eigenvalue weighted by Gasteiger charge is -2.27. The van der Waals surface area contributed by atoms with Crippen molar-refractivity contribution in [2.75, 3.05) is 19.8 Å². The molecule has 1 saturated heterocycles. The highest BCUT2D eigenvalue weighted by molar-refractivity contribution is 5.18. The third kappa shape index (κ3) is 2.51. The van der Waals surface area contributed by atoms with Crippen LogP contribution in [-0.4, -0.2) is 37.9 Å². The highest BCUT2D eigenvalue weighted by Crippen LogP contribution is 2.62. The summed E-state index contributed by atoms with van der Waals surface area (Å²) in [5.74, 6) is 0. The lowest BCUT2D eigenvalue weighted by molar-refractivity contribution is 0.0710. The van der Waals surface area contributed by atoms with E-state index in [0.717, 1.165) is 26.2 Å². The van der Waals surface area contributed by atoms with E-state index in [-0.39, 0.29) is 0 Å². The third-order valence-electron chi connectivity index (χ3n) is 5.11. The molecule has 1 saturated carbocycles. The molecule has 100 valence electrons. The van der Waals surface area contributed by atoms with Gasteiger partial charge in [0.05, 0.1) is 13.2 Å². The van der Waals surface area contributed by atoms with E-state index in [1.165, 1.54) is 0 Å². The Morgan fingerprint density at radius 3 is 2.41 bits per heavy atom. The number of rotatable bonds is 4. The number of hydrogen-bond acceptors (Lipinski definition) is 3. The van der Waals surface area contributed by atoms with Gasteiger partial charge in [-0.25, -0.2) is 0 Å². The molecule has 2 rings (SSSR count). The SMILES string of the molecule is CC(CC1COCCN1)NC1C(C)(C)C1(C)C. The Labute approximate surface area is 106 Å².